The molecule has 0 aliphatic heterocycles. The summed E-state index contributed by atoms with van der Waals surface area (Å²) in [5.41, 5.74) is 0.387. The first-order chi connectivity index (χ1) is 12.6. The SMILES string of the molecule is CCN(c1ccccc1)c1cnc(C(=O)Nc2c(F)cccc2F)cn1. The Morgan fingerprint density at radius 1 is 1.00 bits per heavy atom. The van der Waals surface area contributed by atoms with Gasteiger partial charge in [0.1, 0.15) is 23.0 Å². The van der Waals surface area contributed by atoms with Crippen LogP contribution >= 0.6 is 0 Å². The lowest BCUT2D eigenvalue weighted by atomic mass is 10.2. The van der Waals surface area contributed by atoms with Crippen molar-refractivity contribution in [2.24, 2.45) is 0 Å². The molecular weight excluding hydrogens is 338 g/mol. The lowest BCUT2D eigenvalue weighted by Crippen LogP contribution is -2.20. The Morgan fingerprint density at radius 3 is 2.27 bits per heavy atom. The maximum absolute atomic E-state index is 13.6. The van der Waals surface area contributed by atoms with Crippen molar-refractivity contribution in [2.45, 2.75) is 6.92 Å². The van der Waals surface area contributed by atoms with Gasteiger partial charge in [-0.25, -0.2) is 18.7 Å². The molecule has 0 bridgehead atoms. The number of para-hydroxylation sites is 2. The molecule has 5 nitrogen and oxygen atoms in total. The normalized spacial score (nSPS) is 10.4. The van der Waals surface area contributed by atoms with Crippen LogP contribution in [0.15, 0.2) is 60.9 Å². The summed E-state index contributed by atoms with van der Waals surface area (Å²) < 4.78 is 27.3. The summed E-state index contributed by atoms with van der Waals surface area (Å²) in [6, 6.07) is 13.0. The highest BCUT2D eigenvalue weighted by Gasteiger charge is 2.16. The molecule has 0 radical (unpaired) electrons. The molecular formula is C19H16F2N4O. The van der Waals surface area contributed by atoms with E-state index in [1.807, 2.05) is 42.2 Å². The first-order valence-electron chi connectivity index (χ1n) is 8.00. The third-order valence-electron chi connectivity index (χ3n) is 3.73. The number of carbonyl (C=O) groups excluding carboxylic acids is 1. The predicted octanol–water partition coefficient (Wildman–Crippen LogP) is 4.17. The van der Waals surface area contributed by atoms with Crippen LogP contribution in [0.5, 0.6) is 0 Å². The second-order valence-electron chi connectivity index (χ2n) is 5.39. The molecule has 0 unspecified atom stereocenters. The Morgan fingerprint density at radius 2 is 1.69 bits per heavy atom. The molecule has 0 atom stereocenters. The lowest BCUT2D eigenvalue weighted by Gasteiger charge is -2.21. The standard InChI is InChI=1S/C19H16F2N4O/c1-2-25(13-7-4-3-5-8-13)17-12-22-16(11-23-17)19(26)24-18-14(20)9-6-10-15(18)21/h3-12H,2H2,1H3,(H,24,26). The minimum absolute atomic E-state index is 0.0412. The van der Waals surface area contributed by atoms with E-state index in [-0.39, 0.29) is 5.69 Å². The van der Waals surface area contributed by atoms with E-state index in [4.69, 9.17) is 0 Å². The van der Waals surface area contributed by atoms with Crippen molar-refractivity contribution < 1.29 is 13.6 Å². The van der Waals surface area contributed by atoms with Crippen LogP contribution in [0.1, 0.15) is 17.4 Å². The second-order valence-corrected chi connectivity index (χ2v) is 5.39. The van der Waals surface area contributed by atoms with E-state index in [1.165, 1.54) is 18.5 Å². The van der Waals surface area contributed by atoms with Crippen LogP contribution < -0.4 is 10.2 Å². The van der Waals surface area contributed by atoms with Crippen molar-refractivity contribution in [1.29, 1.82) is 0 Å². The van der Waals surface area contributed by atoms with E-state index in [2.05, 4.69) is 15.3 Å². The van der Waals surface area contributed by atoms with Crippen molar-refractivity contribution >= 4 is 23.1 Å². The molecule has 26 heavy (non-hydrogen) atoms. The molecule has 3 aromatic rings. The number of amides is 1. The molecule has 0 saturated carbocycles. The lowest BCUT2D eigenvalue weighted by molar-refractivity contribution is 0.102. The minimum atomic E-state index is -0.857. The third kappa shape index (κ3) is 3.66. The summed E-state index contributed by atoms with van der Waals surface area (Å²) in [7, 11) is 0. The molecule has 7 heteroatoms. The Balaban J connectivity index is 1.80. The van der Waals surface area contributed by atoms with Crippen LogP contribution in [-0.2, 0) is 0 Å². The van der Waals surface area contributed by atoms with Gasteiger partial charge in [-0.1, -0.05) is 24.3 Å². The summed E-state index contributed by atoms with van der Waals surface area (Å²) in [5, 5.41) is 2.18. The van der Waals surface area contributed by atoms with E-state index in [0.29, 0.717) is 12.4 Å². The first kappa shape index (κ1) is 17.5. The molecule has 1 heterocycles. The molecule has 0 spiro atoms. The van der Waals surface area contributed by atoms with Crippen LogP contribution in [0.4, 0.5) is 26.0 Å². The first-order valence-corrected chi connectivity index (χ1v) is 8.00. The number of halogens is 2. The Hall–Kier alpha value is -3.35. The highest BCUT2D eigenvalue weighted by atomic mass is 19.1. The summed E-state index contributed by atoms with van der Waals surface area (Å²) in [6.07, 6.45) is 2.72. The maximum Gasteiger partial charge on any atom is 0.276 e. The van der Waals surface area contributed by atoms with E-state index in [1.54, 1.807) is 0 Å². The van der Waals surface area contributed by atoms with Crippen molar-refractivity contribution in [3.05, 3.63) is 78.3 Å². The molecule has 132 valence electrons. The number of hydrogen-bond donors (Lipinski definition) is 1. The van der Waals surface area contributed by atoms with Gasteiger partial charge in [-0.05, 0) is 31.2 Å². The van der Waals surface area contributed by atoms with E-state index >= 15 is 0 Å². The van der Waals surface area contributed by atoms with E-state index in [9.17, 15) is 13.6 Å². The average Bonchev–Trinajstić information content (AvgIpc) is 2.67. The van der Waals surface area contributed by atoms with Crippen LogP contribution in [0, 0.1) is 11.6 Å². The van der Waals surface area contributed by atoms with Gasteiger partial charge < -0.3 is 10.2 Å². The van der Waals surface area contributed by atoms with Gasteiger partial charge in [0.15, 0.2) is 5.82 Å². The molecule has 0 aliphatic carbocycles. The minimum Gasteiger partial charge on any atom is -0.325 e. The molecule has 1 N–H and O–H groups in total. The molecule has 0 fully saturated rings. The largest absolute Gasteiger partial charge is 0.325 e. The predicted molar refractivity (Wildman–Crippen MR) is 95.5 cm³/mol. The second kappa shape index (κ2) is 7.69. The van der Waals surface area contributed by atoms with Gasteiger partial charge in [0.25, 0.3) is 5.91 Å². The van der Waals surface area contributed by atoms with Crippen molar-refractivity contribution in [3.8, 4) is 0 Å². The van der Waals surface area contributed by atoms with Crippen molar-refractivity contribution in [3.63, 3.8) is 0 Å². The number of hydrogen-bond acceptors (Lipinski definition) is 4. The van der Waals surface area contributed by atoms with Crippen molar-refractivity contribution in [2.75, 3.05) is 16.8 Å². The van der Waals surface area contributed by atoms with Crippen LogP contribution in [-0.4, -0.2) is 22.4 Å². The average molecular weight is 354 g/mol. The highest BCUT2D eigenvalue weighted by Crippen LogP contribution is 2.22. The number of aromatic nitrogens is 2. The molecule has 1 amide bonds. The molecule has 0 saturated heterocycles. The summed E-state index contributed by atoms with van der Waals surface area (Å²) in [6.45, 7) is 2.63. The van der Waals surface area contributed by atoms with Crippen LogP contribution in [0.2, 0.25) is 0 Å². The van der Waals surface area contributed by atoms with Gasteiger partial charge in [-0.3, -0.25) is 4.79 Å². The molecule has 0 aliphatic rings. The molecule has 1 aromatic heterocycles. The fourth-order valence-electron chi connectivity index (χ4n) is 2.46. The fourth-order valence-corrected chi connectivity index (χ4v) is 2.46. The number of benzene rings is 2. The Labute approximate surface area is 149 Å². The maximum atomic E-state index is 13.6. The van der Waals surface area contributed by atoms with Crippen molar-refractivity contribution in [1.82, 2.24) is 9.97 Å². The zero-order chi connectivity index (χ0) is 18.5. The van der Waals surface area contributed by atoms with Gasteiger partial charge in [0.2, 0.25) is 0 Å². The smallest absolute Gasteiger partial charge is 0.276 e. The third-order valence-corrected chi connectivity index (χ3v) is 3.73. The number of nitrogens with zero attached hydrogens (tertiary/aromatic N) is 3. The van der Waals surface area contributed by atoms with Gasteiger partial charge >= 0.3 is 0 Å². The topological polar surface area (TPSA) is 58.1 Å². The molecule has 2 aromatic carbocycles. The summed E-state index contributed by atoms with van der Waals surface area (Å²) in [4.78, 5) is 22.4. The Bertz CT molecular complexity index is 881. The van der Waals surface area contributed by atoms with Crippen LogP contribution in [0.3, 0.4) is 0 Å². The van der Waals surface area contributed by atoms with Gasteiger partial charge in [-0.2, -0.15) is 0 Å². The highest BCUT2D eigenvalue weighted by molar-refractivity contribution is 6.02. The Kier molecular flexibility index (Phi) is 5.17. The number of anilines is 3. The fraction of sp³-hybridized carbons (Fsp3) is 0.105. The number of carbonyl (C=O) groups is 1. The van der Waals surface area contributed by atoms with Gasteiger partial charge in [0.05, 0.1) is 12.4 Å². The quantitative estimate of drug-likeness (QED) is 0.747. The van der Waals surface area contributed by atoms with Gasteiger partial charge in [0, 0.05) is 12.2 Å². The van der Waals surface area contributed by atoms with Crippen LogP contribution in [0.25, 0.3) is 0 Å². The zero-order valence-corrected chi connectivity index (χ0v) is 14.0. The summed E-state index contributed by atoms with van der Waals surface area (Å²) in [5.74, 6) is -1.89. The zero-order valence-electron chi connectivity index (χ0n) is 14.0. The number of rotatable bonds is 5. The molecule has 3 rings (SSSR count). The van der Waals surface area contributed by atoms with E-state index < -0.39 is 23.2 Å². The number of nitrogens with one attached hydrogen (secondary N) is 1. The summed E-state index contributed by atoms with van der Waals surface area (Å²) >= 11 is 0. The van der Waals surface area contributed by atoms with E-state index in [0.717, 1.165) is 17.8 Å². The van der Waals surface area contributed by atoms with Gasteiger partial charge in [-0.15, -0.1) is 0 Å². The monoisotopic (exact) mass is 354 g/mol.